The molecule has 2 amide bonds. The predicted octanol–water partition coefficient (Wildman–Crippen LogP) is 2.85. The van der Waals surface area contributed by atoms with Gasteiger partial charge in [0, 0.05) is 29.4 Å². The molecule has 0 aliphatic carbocycles. The van der Waals surface area contributed by atoms with E-state index >= 15 is 0 Å². The lowest BCUT2D eigenvalue weighted by molar-refractivity contribution is 0.0938. The molecule has 2 aromatic rings. The number of nitrogens with one attached hydrogen (secondary N) is 2. The standard InChI is InChI=1S/C18H20ClN3O2/c1-12(2)22-18(24)16-11-14(7-9-20-16)17(23)21-8-6-13-4-3-5-15(19)10-13/h3-5,7,9-12H,6,8H2,1-2H3,(H,21,23)(H,22,24). The number of hydrogen-bond donors (Lipinski definition) is 2. The molecule has 0 saturated carbocycles. The average molecular weight is 346 g/mol. The molecule has 1 heterocycles. The summed E-state index contributed by atoms with van der Waals surface area (Å²) in [6.07, 6.45) is 2.14. The van der Waals surface area contributed by atoms with Gasteiger partial charge in [0.1, 0.15) is 5.69 Å². The summed E-state index contributed by atoms with van der Waals surface area (Å²) < 4.78 is 0. The van der Waals surface area contributed by atoms with E-state index in [-0.39, 0.29) is 23.6 Å². The third-order valence-corrected chi connectivity index (χ3v) is 3.50. The normalized spacial score (nSPS) is 10.5. The van der Waals surface area contributed by atoms with Crippen molar-refractivity contribution in [2.45, 2.75) is 26.3 Å². The predicted molar refractivity (Wildman–Crippen MR) is 94.3 cm³/mol. The fraction of sp³-hybridized carbons (Fsp3) is 0.278. The van der Waals surface area contributed by atoms with Crippen LogP contribution in [0.1, 0.15) is 40.3 Å². The Morgan fingerprint density at radius 1 is 1.17 bits per heavy atom. The zero-order valence-electron chi connectivity index (χ0n) is 13.7. The van der Waals surface area contributed by atoms with Gasteiger partial charge in [-0.1, -0.05) is 23.7 Å². The summed E-state index contributed by atoms with van der Waals surface area (Å²) in [6, 6.07) is 10.6. The van der Waals surface area contributed by atoms with Crippen LogP contribution in [0.25, 0.3) is 0 Å². The molecule has 0 atom stereocenters. The molecule has 6 heteroatoms. The minimum atomic E-state index is -0.293. The Bertz CT molecular complexity index is 732. The number of halogens is 1. The average Bonchev–Trinajstić information content (AvgIpc) is 2.54. The van der Waals surface area contributed by atoms with Crippen LogP contribution in [0.5, 0.6) is 0 Å². The van der Waals surface area contributed by atoms with Crippen molar-refractivity contribution in [1.29, 1.82) is 0 Å². The van der Waals surface area contributed by atoms with Gasteiger partial charge in [-0.3, -0.25) is 14.6 Å². The first-order chi connectivity index (χ1) is 11.5. The van der Waals surface area contributed by atoms with Crippen molar-refractivity contribution in [3.8, 4) is 0 Å². The molecule has 1 aromatic carbocycles. The molecular formula is C18H20ClN3O2. The van der Waals surface area contributed by atoms with E-state index in [1.807, 2.05) is 38.1 Å². The number of carbonyl (C=O) groups is 2. The smallest absolute Gasteiger partial charge is 0.270 e. The molecule has 0 fully saturated rings. The van der Waals surface area contributed by atoms with E-state index in [1.54, 1.807) is 6.07 Å². The van der Waals surface area contributed by atoms with E-state index in [4.69, 9.17) is 11.6 Å². The van der Waals surface area contributed by atoms with Crippen LogP contribution in [-0.2, 0) is 6.42 Å². The maximum atomic E-state index is 12.2. The topological polar surface area (TPSA) is 71.1 Å². The van der Waals surface area contributed by atoms with Gasteiger partial charge in [0.25, 0.3) is 11.8 Å². The molecule has 0 bridgehead atoms. The highest BCUT2D eigenvalue weighted by Gasteiger charge is 2.12. The Kier molecular flexibility index (Phi) is 6.32. The lowest BCUT2D eigenvalue weighted by Crippen LogP contribution is -2.31. The van der Waals surface area contributed by atoms with Gasteiger partial charge in [0.15, 0.2) is 0 Å². The molecule has 24 heavy (non-hydrogen) atoms. The SMILES string of the molecule is CC(C)NC(=O)c1cc(C(=O)NCCc2cccc(Cl)c2)ccn1. The van der Waals surface area contributed by atoms with E-state index < -0.39 is 0 Å². The Balaban J connectivity index is 1.93. The first-order valence-electron chi connectivity index (χ1n) is 7.75. The van der Waals surface area contributed by atoms with Crippen molar-refractivity contribution in [2.75, 3.05) is 6.54 Å². The molecular weight excluding hydrogens is 326 g/mol. The van der Waals surface area contributed by atoms with E-state index in [0.29, 0.717) is 23.6 Å². The Morgan fingerprint density at radius 3 is 2.67 bits per heavy atom. The lowest BCUT2D eigenvalue weighted by atomic mass is 10.1. The van der Waals surface area contributed by atoms with Crippen molar-refractivity contribution in [3.05, 3.63) is 64.4 Å². The van der Waals surface area contributed by atoms with Crippen LogP contribution in [0.2, 0.25) is 5.02 Å². The maximum Gasteiger partial charge on any atom is 0.270 e. The van der Waals surface area contributed by atoms with Gasteiger partial charge in [0.05, 0.1) is 0 Å². The maximum absolute atomic E-state index is 12.2. The van der Waals surface area contributed by atoms with Crippen LogP contribution in [0, 0.1) is 0 Å². The highest BCUT2D eigenvalue weighted by molar-refractivity contribution is 6.30. The number of nitrogens with zero attached hydrogens (tertiary/aromatic N) is 1. The van der Waals surface area contributed by atoms with E-state index in [9.17, 15) is 9.59 Å². The fourth-order valence-corrected chi connectivity index (χ4v) is 2.36. The fourth-order valence-electron chi connectivity index (χ4n) is 2.15. The van der Waals surface area contributed by atoms with Gasteiger partial charge in [-0.2, -0.15) is 0 Å². The number of aromatic nitrogens is 1. The summed E-state index contributed by atoms with van der Waals surface area (Å²) >= 11 is 5.93. The van der Waals surface area contributed by atoms with Crippen molar-refractivity contribution >= 4 is 23.4 Å². The van der Waals surface area contributed by atoms with Crippen molar-refractivity contribution in [1.82, 2.24) is 15.6 Å². The monoisotopic (exact) mass is 345 g/mol. The number of hydrogen-bond acceptors (Lipinski definition) is 3. The summed E-state index contributed by atoms with van der Waals surface area (Å²) in [5, 5.41) is 6.26. The van der Waals surface area contributed by atoms with Gasteiger partial charge in [-0.05, 0) is 50.1 Å². The highest BCUT2D eigenvalue weighted by atomic mass is 35.5. The van der Waals surface area contributed by atoms with Crippen molar-refractivity contribution in [3.63, 3.8) is 0 Å². The second-order valence-electron chi connectivity index (χ2n) is 5.69. The summed E-state index contributed by atoms with van der Waals surface area (Å²) in [6.45, 7) is 4.21. The summed E-state index contributed by atoms with van der Waals surface area (Å²) in [5.74, 6) is -0.531. The third-order valence-electron chi connectivity index (χ3n) is 3.26. The van der Waals surface area contributed by atoms with Crippen LogP contribution >= 0.6 is 11.6 Å². The van der Waals surface area contributed by atoms with Gasteiger partial charge < -0.3 is 10.6 Å². The summed E-state index contributed by atoms with van der Waals surface area (Å²) in [4.78, 5) is 28.2. The molecule has 1 aromatic heterocycles. The summed E-state index contributed by atoms with van der Waals surface area (Å²) in [5.41, 5.74) is 1.69. The first kappa shape index (κ1) is 17.9. The van der Waals surface area contributed by atoms with Crippen LogP contribution in [0.4, 0.5) is 0 Å². The summed E-state index contributed by atoms with van der Waals surface area (Å²) in [7, 11) is 0. The van der Waals surface area contributed by atoms with Gasteiger partial charge in [0.2, 0.25) is 0 Å². The largest absolute Gasteiger partial charge is 0.352 e. The number of pyridine rings is 1. The highest BCUT2D eigenvalue weighted by Crippen LogP contribution is 2.10. The molecule has 0 aliphatic rings. The molecule has 0 radical (unpaired) electrons. The Labute approximate surface area is 146 Å². The zero-order valence-corrected chi connectivity index (χ0v) is 14.4. The molecule has 2 N–H and O–H groups in total. The second-order valence-corrected chi connectivity index (χ2v) is 6.13. The van der Waals surface area contributed by atoms with Gasteiger partial charge in [-0.15, -0.1) is 0 Å². The van der Waals surface area contributed by atoms with Crippen LogP contribution in [0.3, 0.4) is 0 Å². The van der Waals surface area contributed by atoms with Gasteiger partial charge in [-0.25, -0.2) is 0 Å². The second kappa shape index (κ2) is 8.45. The molecule has 0 unspecified atom stereocenters. The van der Waals surface area contributed by atoms with Crippen LogP contribution < -0.4 is 10.6 Å². The minimum Gasteiger partial charge on any atom is -0.352 e. The van der Waals surface area contributed by atoms with Crippen molar-refractivity contribution in [2.24, 2.45) is 0 Å². The van der Waals surface area contributed by atoms with Crippen LogP contribution in [0.15, 0.2) is 42.6 Å². The Hall–Kier alpha value is -2.40. The lowest BCUT2D eigenvalue weighted by Gasteiger charge is -2.09. The van der Waals surface area contributed by atoms with E-state index in [1.165, 1.54) is 12.3 Å². The molecule has 0 aliphatic heterocycles. The number of carbonyl (C=O) groups excluding carboxylic acids is 2. The van der Waals surface area contributed by atoms with Crippen LogP contribution in [-0.4, -0.2) is 29.4 Å². The first-order valence-corrected chi connectivity index (χ1v) is 8.13. The number of amides is 2. The Morgan fingerprint density at radius 2 is 1.96 bits per heavy atom. The van der Waals surface area contributed by atoms with Gasteiger partial charge >= 0.3 is 0 Å². The molecule has 0 saturated heterocycles. The molecule has 126 valence electrons. The van der Waals surface area contributed by atoms with E-state index in [0.717, 1.165) is 5.56 Å². The molecule has 5 nitrogen and oxygen atoms in total. The van der Waals surface area contributed by atoms with Crippen molar-refractivity contribution < 1.29 is 9.59 Å². The molecule has 2 rings (SSSR count). The molecule has 0 spiro atoms. The quantitative estimate of drug-likeness (QED) is 0.845. The number of benzene rings is 1. The number of rotatable bonds is 6. The third kappa shape index (κ3) is 5.35. The minimum absolute atomic E-state index is 0.00878. The zero-order chi connectivity index (χ0) is 17.5. The van der Waals surface area contributed by atoms with E-state index in [2.05, 4.69) is 15.6 Å².